The summed E-state index contributed by atoms with van der Waals surface area (Å²) in [5.74, 6) is 1.74. The molecule has 0 aliphatic heterocycles. The van der Waals surface area contributed by atoms with Crippen LogP contribution in [0.2, 0.25) is 0 Å². The fraction of sp³-hybridized carbons (Fsp3) is 0.0769. The van der Waals surface area contributed by atoms with E-state index < -0.39 is 14.6 Å². The van der Waals surface area contributed by atoms with Gasteiger partial charge in [-0.1, -0.05) is 78.9 Å². The first-order valence-corrected chi connectivity index (χ1v) is 18.4. The molecule has 47 heavy (non-hydrogen) atoms. The Kier molecular flexibility index (Phi) is 9.36. The fourth-order valence-corrected chi connectivity index (χ4v) is 13.4. The monoisotopic (exact) mass is 659 g/mol. The summed E-state index contributed by atoms with van der Waals surface area (Å²) in [6.45, 7) is 0. The smallest absolute Gasteiger partial charge is 0.236 e. The standard InChI is InChI=1S/C39H35NO5P2/c1-43-31-28-26-30(27-29-31)40(46(41,32-16-7-4-8-17-32)33-18-9-5-10-19-33)47(42,34-20-11-6-12-21-34)38-25-14-13-22-35(38)39-36(44-2)23-15-24-37(39)45-3/h4-29H,1-3H3. The van der Waals surface area contributed by atoms with Gasteiger partial charge >= 0.3 is 0 Å². The molecule has 1 unspecified atom stereocenters. The van der Waals surface area contributed by atoms with E-state index in [0.717, 1.165) is 0 Å². The molecule has 0 saturated heterocycles. The minimum atomic E-state index is -4.08. The second kappa shape index (κ2) is 13.8. The summed E-state index contributed by atoms with van der Waals surface area (Å²) in [4.78, 5) is 0. The average molecular weight is 660 g/mol. The minimum Gasteiger partial charge on any atom is -0.497 e. The molecule has 0 radical (unpaired) electrons. The van der Waals surface area contributed by atoms with Crippen LogP contribution < -0.4 is 39.9 Å². The van der Waals surface area contributed by atoms with Crippen molar-refractivity contribution in [1.29, 1.82) is 0 Å². The van der Waals surface area contributed by atoms with Crippen molar-refractivity contribution in [3.63, 3.8) is 0 Å². The van der Waals surface area contributed by atoms with Crippen molar-refractivity contribution in [1.82, 2.24) is 0 Å². The quantitative estimate of drug-likeness (QED) is 0.131. The van der Waals surface area contributed by atoms with Crippen LogP contribution >= 0.6 is 14.6 Å². The maximum absolute atomic E-state index is 16.9. The van der Waals surface area contributed by atoms with Crippen molar-refractivity contribution in [2.75, 3.05) is 25.8 Å². The van der Waals surface area contributed by atoms with Gasteiger partial charge in [0.15, 0.2) is 0 Å². The van der Waals surface area contributed by atoms with Crippen LogP contribution in [0.4, 0.5) is 5.69 Å². The molecule has 0 bridgehead atoms. The average Bonchev–Trinajstić information content (AvgIpc) is 3.15. The van der Waals surface area contributed by atoms with Gasteiger partial charge in [-0.15, -0.1) is 0 Å². The molecule has 6 aromatic carbocycles. The highest BCUT2D eigenvalue weighted by Crippen LogP contribution is 2.67. The largest absolute Gasteiger partial charge is 0.497 e. The van der Waals surface area contributed by atoms with Crippen molar-refractivity contribution in [2.24, 2.45) is 0 Å². The van der Waals surface area contributed by atoms with E-state index in [4.69, 9.17) is 14.2 Å². The second-order valence-corrected chi connectivity index (χ2v) is 16.2. The van der Waals surface area contributed by atoms with Gasteiger partial charge in [0.25, 0.3) is 0 Å². The topological polar surface area (TPSA) is 65.1 Å². The molecule has 0 spiro atoms. The third-order valence-electron chi connectivity index (χ3n) is 8.08. The molecular formula is C39H35NO5P2. The molecule has 0 N–H and O–H groups in total. The number of anilines is 1. The number of benzene rings is 6. The Balaban J connectivity index is 1.79. The van der Waals surface area contributed by atoms with Crippen LogP contribution in [0.1, 0.15) is 0 Å². The molecule has 0 saturated carbocycles. The predicted octanol–water partition coefficient (Wildman–Crippen LogP) is 8.04. The van der Waals surface area contributed by atoms with Gasteiger partial charge < -0.3 is 14.2 Å². The molecule has 236 valence electrons. The van der Waals surface area contributed by atoms with Gasteiger partial charge in [-0.2, -0.15) is 0 Å². The maximum Gasteiger partial charge on any atom is 0.236 e. The van der Waals surface area contributed by atoms with Crippen molar-refractivity contribution in [2.45, 2.75) is 0 Å². The zero-order chi connectivity index (χ0) is 32.9. The zero-order valence-corrected chi connectivity index (χ0v) is 28.2. The highest BCUT2D eigenvalue weighted by molar-refractivity contribution is 7.96. The lowest BCUT2D eigenvalue weighted by atomic mass is 10.0. The first kappa shape index (κ1) is 31.9. The van der Waals surface area contributed by atoms with E-state index in [1.807, 2.05) is 146 Å². The number of rotatable bonds is 11. The Morgan fingerprint density at radius 2 is 0.894 bits per heavy atom. The van der Waals surface area contributed by atoms with Crippen LogP contribution in [0.15, 0.2) is 158 Å². The van der Waals surface area contributed by atoms with Gasteiger partial charge in [0.1, 0.15) is 17.2 Å². The second-order valence-electron chi connectivity index (χ2n) is 10.7. The Morgan fingerprint density at radius 3 is 1.36 bits per heavy atom. The van der Waals surface area contributed by atoms with E-state index in [9.17, 15) is 0 Å². The number of hydrogen-bond acceptors (Lipinski definition) is 5. The number of nitrogens with zero attached hydrogens (tertiary/aromatic N) is 1. The van der Waals surface area contributed by atoms with Gasteiger partial charge in [-0.3, -0.25) is 13.6 Å². The molecular weight excluding hydrogens is 624 g/mol. The Labute approximate surface area is 276 Å². The molecule has 0 aliphatic carbocycles. The van der Waals surface area contributed by atoms with Crippen molar-refractivity contribution >= 4 is 41.5 Å². The van der Waals surface area contributed by atoms with Crippen LogP contribution in [0.3, 0.4) is 0 Å². The molecule has 8 heteroatoms. The first-order chi connectivity index (χ1) is 23.0. The highest BCUT2D eigenvalue weighted by atomic mass is 31.2. The summed E-state index contributed by atoms with van der Waals surface area (Å²) in [5.41, 5.74) is 1.80. The molecule has 6 nitrogen and oxygen atoms in total. The van der Waals surface area contributed by atoms with Crippen LogP contribution in [0.25, 0.3) is 11.1 Å². The van der Waals surface area contributed by atoms with Crippen molar-refractivity contribution in [3.05, 3.63) is 158 Å². The van der Waals surface area contributed by atoms with Crippen LogP contribution in [-0.2, 0) is 9.13 Å². The third-order valence-corrected chi connectivity index (χ3v) is 15.2. The van der Waals surface area contributed by atoms with Gasteiger partial charge in [0, 0.05) is 26.8 Å². The van der Waals surface area contributed by atoms with Crippen LogP contribution in [-0.4, -0.2) is 21.3 Å². The van der Waals surface area contributed by atoms with E-state index >= 15 is 9.13 Å². The Morgan fingerprint density at radius 1 is 0.447 bits per heavy atom. The van der Waals surface area contributed by atoms with Crippen molar-refractivity contribution in [3.8, 4) is 28.4 Å². The van der Waals surface area contributed by atoms with Crippen LogP contribution in [0, 0.1) is 0 Å². The van der Waals surface area contributed by atoms with E-state index in [-0.39, 0.29) is 0 Å². The van der Waals surface area contributed by atoms with E-state index in [1.54, 1.807) is 37.9 Å². The molecule has 0 aliphatic rings. The van der Waals surface area contributed by atoms with Gasteiger partial charge in [0.2, 0.25) is 14.6 Å². The van der Waals surface area contributed by atoms with Crippen molar-refractivity contribution < 1.29 is 23.3 Å². The van der Waals surface area contributed by atoms with E-state index in [2.05, 4.69) is 0 Å². The number of hydrogen-bond donors (Lipinski definition) is 0. The maximum atomic E-state index is 16.9. The third kappa shape index (κ3) is 5.76. The predicted molar refractivity (Wildman–Crippen MR) is 194 cm³/mol. The van der Waals surface area contributed by atoms with Gasteiger partial charge in [-0.25, -0.2) is 0 Å². The molecule has 1 atom stereocenters. The van der Waals surface area contributed by atoms with E-state index in [1.165, 1.54) is 0 Å². The lowest BCUT2D eigenvalue weighted by Crippen LogP contribution is -2.37. The highest BCUT2D eigenvalue weighted by Gasteiger charge is 2.48. The summed E-state index contributed by atoms with van der Waals surface area (Å²) in [7, 11) is -3.20. The van der Waals surface area contributed by atoms with Gasteiger partial charge in [0.05, 0.1) is 32.6 Å². The summed E-state index contributed by atoms with van der Waals surface area (Å²) in [5, 5.41) is 2.09. The first-order valence-electron chi connectivity index (χ1n) is 15.1. The summed E-state index contributed by atoms with van der Waals surface area (Å²) in [6.07, 6.45) is 0. The Bertz CT molecular complexity index is 1990. The lowest BCUT2D eigenvalue weighted by Gasteiger charge is -2.41. The zero-order valence-electron chi connectivity index (χ0n) is 26.4. The Hall–Kier alpha value is -5.02. The molecule has 6 aromatic rings. The molecule has 0 amide bonds. The summed E-state index contributed by atoms with van der Waals surface area (Å²) in [6, 6.07) is 48.2. The SMILES string of the molecule is COc1ccc(N(P(=O)(c2ccccc2)c2ccccc2)P(=O)(c2ccccc2)c2ccccc2-c2c(OC)cccc2OC)cc1. The van der Waals surface area contributed by atoms with Crippen LogP contribution in [0.5, 0.6) is 17.2 Å². The summed E-state index contributed by atoms with van der Waals surface area (Å²) >= 11 is 0. The fourth-order valence-electron chi connectivity index (χ4n) is 5.89. The van der Waals surface area contributed by atoms with Gasteiger partial charge in [-0.05, 0) is 78.9 Å². The number of methoxy groups -OCH3 is 3. The molecule has 0 heterocycles. The lowest BCUT2D eigenvalue weighted by molar-refractivity contribution is 0.397. The minimum absolute atomic E-state index is 0.483. The number of ether oxygens (including phenoxy) is 3. The summed E-state index contributed by atoms with van der Waals surface area (Å²) < 4.78 is 52.2. The molecule has 0 fully saturated rings. The normalized spacial score (nSPS) is 12.5. The van der Waals surface area contributed by atoms with E-state index in [0.29, 0.717) is 55.3 Å². The molecule has 0 aromatic heterocycles. The molecule has 6 rings (SSSR count).